The molecular formula is C19H29NO2S. The van der Waals surface area contributed by atoms with Gasteiger partial charge in [0.2, 0.25) is 10.0 Å². The lowest BCUT2D eigenvalue weighted by atomic mass is 9.84. The number of hydrogen-bond acceptors (Lipinski definition) is 2. The summed E-state index contributed by atoms with van der Waals surface area (Å²) in [7, 11) is -3.41. The molecule has 1 aromatic carbocycles. The van der Waals surface area contributed by atoms with Crippen LogP contribution in [-0.4, -0.2) is 14.5 Å². The second kappa shape index (κ2) is 6.56. The summed E-state index contributed by atoms with van der Waals surface area (Å²) in [4.78, 5) is 0.389. The number of rotatable bonds is 6. The summed E-state index contributed by atoms with van der Waals surface area (Å²) >= 11 is 0. The zero-order chi connectivity index (χ0) is 16.6. The van der Waals surface area contributed by atoms with Crippen molar-refractivity contribution in [3.8, 4) is 0 Å². The van der Waals surface area contributed by atoms with E-state index in [1.165, 1.54) is 31.2 Å². The van der Waals surface area contributed by atoms with Gasteiger partial charge in [0.15, 0.2) is 0 Å². The van der Waals surface area contributed by atoms with Crippen LogP contribution in [0, 0.1) is 23.7 Å². The molecule has 3 rings (SSSR count). The number of fused-ring (bicyclic) bond motifs is 2. The largest absolute Gasteiger partial charge is 0.240 e. The molecule has 2 bridgehead atoms. The van der Waals surface area contributed by atoms with Crippen molar-refractivity contribution >= 4 is 10.0 Å². The molecule has 0 radical (unpaired) electrons. The number of benzene rings is 1. The summed E-state index contributed by atoms with van der Waals surface area (Å²) < 4.78 is 28.2. The minimum atomic E-state index is -3.41. The van der Waals surface area contributed by atoms with E-state index in [2.05, 4.69) is 18.6 Å². The van der Waals surface area contributed by atoms with E-state index in [4.69, 9.17) is 0 Å². The van der Waals surface area contributed by atoms with Crippen molar-refractivity contribution in [3.05, 3.63) is 29.8 Å². The van der Waals surface area contributed by atoms with Crippen LogP contribution in [0.2, 0.25) is 0 Å². The van der Waals surface area contributed by atoms with Crippen LogP contribution in [0.4, 0.5) is 0 Å². The first kappa shape index (κ1) is 17.0. The van der Waals surface area contributed by atoms with Crippen LogP contribution in [0.15, 0.2) is 29.2 Å². The predicted molar refractivity (Wildman–Crippen MR) is 93.7 cm³/mol. The van der Waals surface area contributed by atoms with Gasteiger partial charge in [0.25, 0.3) is 0 Å². The fraction of sp³-hybridized carbons (Fsp3) is 0.684. The minimum Gasteiger partial charge on any atom is -0.208 e. The highest BCUT2D eigenvalue weighted by atomic mass is 32.2. The van der Waals surface area contributed by atoms with Crippen molar-refractivity contribution < 1.29 is 8.42 Å². The Bertz CT molecular complexity index is 636. The highest BCUT2D eigenvalue weighted by molar-refractivity contribution is 7.89. The third-order valence-corrected chi connectivity index (χ3v) is 7.23. The second-order valence-corrected chi connectivity index (χ2v) is 9.70. The summed E-state index contributed by atoms with van der Waals surface area (Å²) in [5, 5.41) is 0. The first-order valence-corrected chi connectivity index (χ1v) is 10.4. The average molecular weight is 336 g/mol. The molecule has 0 saturated heterocycles. The van der Waals surface area contributed by atoms with Crippen molar-refractivity contribution in [2.45, 2.75) is 63.8 Å². The normalized spacial score (nSPS) is 28.4. The summed E-state index contributed by atoms with van der Waals surface area (Å²) in [6.45, 7) is 6.38. The van der Waals surface area contributed by atoms with E-state index < -0.39 is 10.0 Å². The van der Waals surface area contributed by atoms with E-state index in [0.717, 1.165) is 18.3 Å². The average Bonchev–Trinajstić information content (AvgIpc) is 3.09. The van der Waals surface area contributed by atoms with Gasteiger partial charge in [0.1, 0.15) is 0 Å². The number of nitrogens with one attached hydrogen (secondary N) is 1. The molecule has 4 atom stereocenters. The molecular weight excluding hydrogens is 306 g/mol. The molecule has 2 aliphatic rings. The van der Waals surface area contributed by atoms with Crippen molar-refractivity contribution in [2.75, 3.05) is 0 Å². The van der Waals surface area contributed by atoms with Crippen molar-refractivity contribution in [3.63, 3.8) is 0 Å². The minimum absolute atomic E-state index is 0.0330. The Labute approximate surface area is 140 Å². The monoisotopic (exact) mass is 335 g/mol. The molecule has 3 nitrogen and oxygen atoms in total. The third kappa shape index (κ3) is 3.80. The fourth-order valence-corrected chi connectivity index (χ4v) is 5.88. The van der Waals surface area contributed by atoms with Crippen molar-refractivity contribution in [1.82, 2.24) is 4.72 Å². The van der Waals surface area contributed by atoms with Gasteiger partial charge < -0.3 is 0 Å². The summed E-state index contributed by atoms with van der Waals surface area (Å²) in [5.74, 6) is 2.66. The predicted octanol–water partition coefficient (Wildman–Crippen LogP) is 3.99. The van der Waals surface area contributed by atoms with E-state index in [-0.39, 0.29) is 6.04 Å². The van der Waals surface area contributed by atoms with E-state index in [9.17, 15) is 8.42 Å². The second-order valence-electron chi connectivity index (χ2n) is 7.99. The summed E-state index contributed by atoms with van der Waals surface area (Å²) in [6, 6.07) is 7.40. The van der Waals surface area contributed by atoms with E-state index in [0.29, 0.717) is 16.7 Å². The first-order chi connectivity index (χ1) is 10.8. The van der Waals surface area contributed by atoms with Crippen molar-refractivity contribution in [2.24, 2.45) is 23.7 Å². The molecule has 0 aliphatic heterocycles. The molecule has 0 spiro atoms. The lowest BCUT2D eigenvalue weighted by molar-refractivity contribution is 0.280. The zero-order valence-corrected chi connectivity index (χ0v) is 15.3. The molecule has 128 valence electrons. The zero-order valence-electron chi connectivity index (χ0n) is 14.5. The topological polar surface area (TPSA) is 46.2 Å². The summed E-state index contributed by atoms with van der Waals surface area (Å²) in [6.07, 6.45) is 6.11. The highest BCUT2D eigenvalue weighted by Gasteiger charge is 2.42. The molecule has 1 aromatic rings. The van der Waals surface area contributed by atoms with Crippen LogP contribution in [0.1, 0.15) is 52.0 Å². The van der Waals surface area contributed by atoms with Gasteiger partial charge in [0, 0.05) is 6.04 Å². The molecule has 0 amide bonds. The molecule has 2 aliphatic carbocycles. The lowest BCUT2D eigenvalue weighted by Gasteiger charge is -2.28. The SMILES string of the molecule is CC(C)Cc1ccc(S(=O)(=O)NC(C)C2CC3CCC2C3)cc1. The van der Waals surface area contributed by atoms with Crippen LogP contribution in [-0.2, 0) is 16.4 Å². The van der Waals surface area contributed by atoms with Gasteiger partial charge in [-0.3, -0.25) is 0 Å². The molecule has 4 unspecified atom stereocenters. The molecule has 23 heavy (non-hydrogen) atoms. The van der Waals surface area contributed by atoms with Gasteiger partial charge in [-0.2, -0.15) is 0 Å². The van der Waals surface area contributed by atoms with Gasteiger partial charge in [-0.25, -0.2) is 13.1 Å². The Morgan fingerprint density at radius 1 is 1.09 bits per heavy atom. The number of sulfonamides is 1. The molecule has 4 heteroatoms. The standard InChI is InChI=1S/C19H29NO2S/c1-13(2)10-15-5-8-18(9-6-15)23(21,22)20-14(3)19-12-16-4-7-17(19)11-16/h5-6,8-9,13-14,16-17,19-20H,4,7,10-12H2,1-3H3. The van der Waals surface area contributed by atoms with Gasteiger partial charge in [-0.1, -0.05) is 32.4 Å². The maximum Gasteiger partial charge on any atom is 0.240 e. The van der Waals surface area contributed by atoms with Gasteiger partial charge in [0.05, 0.1) is 4.90 Å². The maximum absolute atomic E-state index is 12.6. The van der Waals surface area contributed by atoms with Crippen molar-refractivity contribution in [1.29, 1.82) is 0 Å². The van der Waals surface area contributed by atoms with Crippen LogP contribution in [0.3, 0.4) is 0 Å². The van der Waals surface area contributed by atoms with Gasteiger partial charge >= 0.3 is 0 Å². The maximum atomic E-state index is 12.6. The Hall–Kier alpha value is -0.870. The van der Waals surface area contributed by atoms with Crippen LogP contribution in [0.25, 0.3) is 0 Å². The van der Waals surface area contributed by atoms with Crippen LogP contribution >= 0.6 is 0 Å². The highest BCUT2D eigenvalue weighted by Crippen LogP contribution is 2.49. The van der Waals surface area contributed by atoms with E-state index >= 15 is 0 Å². The Balaban J connectivity index is 1.66. The molecule has 0 aromatic heterocycles. The first-order valence-electron chi connectivity index (χ1n) is 8.96. The quantitative estimate of drug-likeness (QED) is 0.854. The molecule has 1 N–H and O–H groups in total. The Morgan fingerprint density at radius 3 is 2.30 bits per heavy atom. The van der Waals surface area contributed by atoms with E-state index in [1.807, 2.05) is 19.1 Å². The third-order valence-electron chi connectivity index (χ3n) is 5.65. The molecule has 2 saturated carbocycles. The smallest absolute Gasteiger partial charge is 0.208 e. The van der Waals surface area contributed by atoms with Gasteiger partial charge in [-0.15, -0.1) is 0 Å². The van der Waals surface area contributed by atoms with Crippen LogP contribution < -0.4 is 4.72 Å². The molecule has 0 heterocycles. The molecule has 2 fully saturated rings. The summed E-state index contributed by atoms with van der Waals surface area (Å²) in [5.41, 5.74) is 1.19. The van der Waals surface area contributed by atoms with E-state index in [1.54, 1.807) is 12.1 Å². The van der Waals surface area contributed by atoms with Crippen LogP contribution in [0.5, 0.6) is 0 Å². The van der Waals surface area contributed by atoms with Gasteiger partial charge in [-0.05, 0) is 74.0 Å². The lowest BCUT2D eigenvalue weighted by Crippen LogP contribution is -2.40. The Kier molecular flexibility index (Phi) is 4.84. The fourth-order valence-electron chi connectivity index (χ4n) is 4.58. The number of hydrogen-bond donors (Lipinski definition) is 1. The Morgan fingerprint density at radius 2 is 1.78 bits per heavy atom.